The lowest BCUT2D eigenvalue weighted by Crippen LogP contribution is -2.41. The molecule has 1 N–H and O–H groups in total. The Labute approximate surface area is 209 Å². The summed E-state index contributed by atoms with van der Waals surface area (Å²) in [5.41, 5.74) is 5.09. The Morgan fingerprint density at radius 2 is 1.97 bits per heavy atom. The number of fused-ring (bicyclic) bond motifs is 3. The fourth-order valence-corrected chi connectivity index (χ4v) is 5.90. The molecule has 1 amide bonds. The number of nitrogens with one attached hydrogen (secondary N) is 1. The maximum absolute atomic E-state index is 11.6. The van der Waals surface area contributed by atoms with Crippen LogP contribution in [0.1, 0.15) is 38.2 Å². The van der Waals surface area contributed by atoms with E-state index in [-0.39, 0.29) is 11.9 Å². The summed E-state index contributed by atoms with van der Waals surface area (Å²) in [6, 6.07) is 9.13. The molecule has 1 aliphatic carbocycles. The predicted molar refractivity (Wildman–Crippen MR) is 136 cm³/mol. The zero-order valence-corrected chi connectivity index (χ0v) is 20.4. The quantitative estimate of drug-likeness (QED) is 0.479. The van der Waals surface area contributed by atoms with Gasteiger partial charge in [-0.2, -0.15) is 15.5 Å². The number of amides is 1. The molecule has 4 aromatic heterocycles. The van der Waals surface area contributed by atoms with Crippen molar-refractivity contribution >= 4 is 17.2 Å². The SMILES string of the molecule is CC(=O)NC1CCC2CC(C1)N(c1ccc(-c3cc(-c4cnn(C)c4)cn4ncc(C#N)c34)cn1)C2. The van der Waals surface area contributed by atoms with Gasteiger partial charge in [-0.25, -0.2) is 9.50 Å². The number of aromatic nitrogens is 5. The van der Waals surface area contributed by atoms with E-state index < -0.39 is 0 Å². The van der Waals surface area contributed by atoms with Crippen molar-refractivity contribution in [1.29, 1.82) is 5.26 Å². The Balaban J connectivity index is 1.34. The van der Waals surface area contributed by atoms with Crippen LogP contribution < -0.4 is 10.2 Å². The average Bonchev–Trinajstić information content (AvgIpc) is 3.56. The van der Waals surface area contributed by atoms with Gasteiger partial charge in [0.05, 0.1) is 23.5 Å². The molecule has 0 aromatic carbocycles. The summed E-state index contributed by atoms with van der Waals surface area (Å²) >= 11 is 0. The maximum atomic E-state index is 11.6. The van der Waals surface area contributed by atoms with Gasteiger partial charge in [-0.3, -0.25) is 9.48 Å². The van der Waals surface area contributed by atoms with Gasteiger partial charge in [0.15, 0.2) is 0 Å². The Hall–Kier alpha value is -4.19. The minimum Gasteiger partial charge on any atom is -0.354 e. The largest absolute Gasteiger partial charge is 0.354 e. The van der Waals surface area contributed by atoms with Gasteiger partial charge in [-0.1, -0.05) is 0 Å². The number of rotatable bonds is 4. The van der Waals surface area contributed by atoms with Crippen LogP contribution in [0.25, 0.3) is 27.8 Å². The highest BCUT2D eigenvalue weighted by Crippen LogP contribution is 2.38. The number of anilines is 1. The van der Waals surface area contributed by atoms with Crippen molar-refractivity contribution in [1.82, 2.24) is 29.7 Å². The minimum absolute atomic E-state index is 0.0447. The first-order valence-corrected chi connectivity index (χ1v) is 12.4. The third-order valence-corrected chi connectivity index (χ3v) is 7.51. The van der Waals surface area contributed by atoms with Gasteiger partial charge in [0.1, 0.15) is 11.9 Å². The minimum atomic E-state index is 0.0447. The van der Waals surface area contributed by atoms with E-state index in [1.165, 1.54) is 0 Å². The monoisotopic (exact) mass is 480 g/mol. The molecule has 1 saturated carbocycles. The van der Waals surface area contributed by atoms with Crippen LogP contribution in [-0.4, -0.2) is 48.9 Å². The van der Waals surface area contributed by atoms with Gasteiger partial charge in [0, 0.05) is 73.4 Å². The molecule has 2 aliphatic rings. The number of hydrogen-bond donors (Lipinski definition) is 1. The van der Waals surface area contributed by atoms with Crippen molar-refractivity contribution in [2.45, 2.75) is 44.7 Å². The van der Waals surface area contributed by atoms with Crippen LogP contribution in [0, 0.1) is 17.2 Å². The topological polar surface area (TPSA) is 104 Å². The normalized spacial score (nSPS) is 21.4. The molecule has 0 radical (unpaired) electrons. The van der Waals surface area contributed by atoms with Crippen molar-refractivity contribution in [3.63, 3.8) is 0 Å². The Morgan fingerprint density at radius 3 is 2.69 bits per heavy atom. The molecule has 1 saturated heterocycles. The standard InChI is InChI=1S/C27H28N8O/c1-17(36)32-23-5-3-18-7-24(9-23)34(14-18)26-6-4-19(11-29-26)25-8-20(22-13-30-33(2)15-22)16-35-27(25)21(10-28)12-31-35/h4,6,8,11-13,15-16,18,23-24H,3,5,7,9,14H2,1-2H3,(H,32,36). The number of nitriles is 1. The van der Waals surface area contributed by atoms with Crippen molar-refractivity contribution in [3.8, 4) is 28.3 Å². The van der Waals surface area contributed by atoms with Crippen molar-refractivity contribution in [2.75, 3.05) is 11.4 Å². The van der Waals surface area contributed by atoms with Crippen molar-refractivity contribution in [3.05, 3.63) is 54.7 Å². The van der Waals surface area contributed by atoms with Gasteiger partial charge in [-0.05, 0) is 49.8 Å². The summed E-state index contributed by atoms with van der Waals surface area (Å²) in [4.78, 5) is 18.9. The Bertz CT molecular complexity index is 1480. The van der Waals surface area contributed by atoms with Gasteiger partial charge in [-0.15, -0.1) is 0 Å². The third-order valence-electron chi connectivity index (χ3n) is 7.51. The van der Waals surface area contributed by atoms with E-state index in [0.717, 1.165) is 65.8 Å². The van der Waals surface area contributed by atoms with E-state index >= 15 is 0 Å². The number of pyridine rings is 2. The second-order valence-electron chi connectivity index (χ2n) is 10.0. The van der Waals surface area contributed by atoms with E-state index in [1.54, 1.807) is 22.3 Å². The molecule has 0 spiro atoms. The fraction of sp³-hybridized carbons (Fsp3) is 0.370. The predicted octanol–water partition coefficient (Wildman–Crippen LogP) is 3.55. The molecule has 9 heteroatoms. The number of nitrogens with zero attached hydrogens (tertiary/aromatic N) is 7. The van der Waals surface area contributed by atoms with Crippen LogP contribution in [-0.2, 0) is 11.8 Å². The van der Waals surface area contributed by atoms with Crippen LogP contribution in [0.15, 0.2) is 49.2 Å². The first-order valence-electron chi connectivity index (χ1n) is 12.4. The highest BCUT2D eigenvalue weighted by molar-refractivity contribution is 5.87. The molecule has 4 aromatic rings. The van der Waals surface area contributed by atoms with Crippen molar-refractivity contribution < 1.29 is 4.79 Å². The smallest absolute Gasteiger partial charge is 0.217 e. The second kappa shape index (κ2) is 8.79. The number of hydrogen-bond acceptors (Lipinski definition) is 6. The number of aryl methyl sites for hydroxylation is 1. The van der Waals surface area contributed by atoms with Gasteiger partial charge >= 0.3 is 0 Å². The summed E-state index contributed by atoms with van der Waals surface area (Å²) in [5.74, 6) is 1.64. The third kappa shape index (κ3) is 3.98. The van der Waals surface area contributed by atoms with Crippen LogP contribution in [0.4, 0.5) is 5.82 Å². The zero-order chi connectivity index (χ0) is 24.8. The Kier molecular flexibility index (Phi) is 5.44. The first kappa shape index (κ1) is 22.3. The molecule has 182 valence electrons. The number of carbonyl (C=O) groups excluding carboxylic acids is 1. The molecular weight excluding hydrogens is 452 g/mol. The van der Waals surface area contributed by atoms with Crippen LogP contribution in [0.5, 0.6) is 0 Å². The molecule has 2 bridgehead atoms. The fourth-order valence-electron chi connectivity index (χ4n) is 5.90. The van der Waals surface area contributed by atoms with E-state index in [2.05, 4.69) is 44.7 Å². The van der Waals surface area contributed by atoms with Crippen LogP contribution in [0.3, 0.4) is 0 Å². The second-order valence-corrected chi connectivity index (χ2v) is 10.0. The van der Waals surface area contributed by atoms with E-state index in [0.29, 0.717) is 17.5 Å². The van der Waals surface area contributed by atoms with Crippen LogP contribution >= 0.6 is 0 Å². The Morgan fingerprint density at radius 1 is 1.08 bits per heavy atom. The molecule has 3 unspecified atom stereocenters. The van der Waals surface area contributed by atoms with Crippen LogP contribution in [0.2, 0.25) is 0 Å². The molecule has 2 fully saturated rings. The first-order chi connectivity index (χ1) is 17.5. The summed E-state index contributed by atoms with van der Waals surface area (Å²) < 4.78 is 3.53. The average molecular weight is 481 g/mol. The molecule has 5 heterocycles. The molecule has 36 heavy (non-hydrogen) atoms. The lowest BCUT2D eigenvalue weighted by Gasteiger charge is -2.30. The molecule has 3 atom stereocenters. The maximum Gasteiger partial charge on any atom is 0.217 e. The summed E-state index contributed by atoms with van der Waals surface area (Å²) in [6.45, 7) is 2.60. The number of carbonyl (C=O) groups is 1. The lowest BCUT2D eigenvalue weighted by molar-refractivity contribution is -0.119. The highest BCUT2D eigenvalue weighted by atomic mass is 16.1. The van der Waals surface area contributed by atoms with E-state index in [1.807, 2.05) is 31.8 Å². The van der Waals surface area contributed by atoms with E-state index in [4.69, 9.17) is 4.98 Å². The summed E-state index contributed by atoms with van der Waals surface area (Å²) in [5, 5.41) is 21.6. The summed E-state index contributed by atoms with van der Waals surface area (Å²) in [7, 11) is 1.89. The van der Waals surface area contributed by atoms with Gasteiger partial charge in [0.25, 0.3) is 0 Å². The highest BCUT2D eigenvalue weighted by Gasteiger charge is 2.37. The van der Waals surface area contributed by atoms with Gasteiger partial charge in [0.2, 0.25) is 5.91 Å². The molecular formula is C27H28N8O. The van der Waals surface area contributed by atoms with Gasteiger partial charge < -0.3 is 10.2 Å². The lowest BCUT2D eigenvalue weighted by atomic mass is 10.0. The van der Waals surface area contributed by atoms with E-state index in [9.17, 15) is 10.1 Å². The van der Waals surface area contributed by atoms with Crippen molar-refractivity contribution in [2.24, 2.45) is 13.0 Å². The zero-order valence-electron chi connectivity index (χ0n) is 20.4. The molecule has 6 rings (SSSR count). The molecule has 1 aliphatic heterocycles. The summed E-state index contributed by atoms with van der Waals surface area (Å²) in [6.07, 6.45) is 13.5. The molecule has 9 nitrogen and oxygen atoms in total.